The number of carbonyl (C=O) groups excluding carboxylic acids is 1. The first kappa shape index (κ1) is 22.3. The molecule has 160 valence electrons. The Morgan fingerprint density at radius 2 is 1.77 bits per heavy atom. The largest absolute Gasteiger partial charge is 0.463 e. The van der Waals surface area contributed by atoms with Gasteiger partial charge in [0.05, 0.1) is 12.6 Å². The Bertz CT molecular complexity index is 943. The minimum atomic E-state index is -0.404. The second-order valence-electron chi connectivity index (χ2n) is 9.35. The molecule has 0 radical (unpaired) electrons. The number of hydrogen-bond acceptors (Lipinski definition) is 4. The molecule has 0 bridgehead atoms. The summed E-state index contributed by atoms with van der Waals surface area (Å²) in [6, 6.07) is 13.9. The standard InChI is InChI=1S/C26H33NO3/c1-6-30-23(28)14-12-18-9-7-8-10-20(18)24(27-29)19-11-13-21-22(17-19)26(4,5)16-15-25(21,2)3/h7-14,17,24,27,29H,6,15-16H2,1-5H3. The van der Waals surface area contributed by atoms with Crippen molar-refractivity contribution in [3.8, 4) is 0 Å². The fraction of sp³-hybridized carbons (Fsp3) is 0.423. The van der Waals surface area contributed by atoms with Gasteiger partial charge in [0, 0.05) is 6.08 Å². The van der Waals surface area contributed by atoms with Crippen LogP contribution in [0.15, 0.2) is 48.5 Å². The summed E-state index contributed by atoms with van der Waals surface area (Å²) in [4.78, 5) is 11.8. The third-order valence-corrected chi connectivity index (χ3v) is 6.33. The molecule has 2 aromatic carbocycles. The highest BCUT2D eigenvalue weighted by atomic mass is 16.5. The minimum absolute atomic E-state index is 0.0875. The van der Waals surface area contributed by atoms with Crippen LogP contribution in [-0.2, 0) is 20.4 Å². The molecule has 0 heterocycles. The second kappa shape index (κ2) is 8.75. The van der Waals surface area contributed by atoms with Gasteiger partial charge in [-0.15, -0.1) is 0 Å². The topological polar surface area (TPSA) is 58.6 Å². The lowest BCUT2D eigenvalue weighted by Gasteiger charge is -2.42. The Labute approximate surface area is 179 Å². The van der Waals surface area contributed by atoms with E-state index in [4.69, 9.17) is 4.74 Å². The Kier molecular flexibility index (Phi) is 6.49. The van der Waals surface area contributed by atoms with Crippen LogP contribution in [-0.4, -0.2) is 17.8 Å². The maximum atomic E-state index is 11.8. The summed E-state index contributed by atoms with van der Waals surface area (Å²) in [5, 5.41) is 10.1. The first-order valence-corrected chi connectivity index (χ1v) is 10.7. The van der Waals surface area contributed by atoms with Gasteiger partial charge in [-0.2, -0.15) is 5.48 Å². The molecule has 1 atom stereocenters. The van der Waals surface area contributed by atoms with Gasteiger partial charge in [0.2, 0.25) is 0 Å². The van der Waals surface area contributed by atoms with Crippen LogP contribution in [0.25, 0.3) is 6.08 Å². The van der Waals surface area contributed by atoms with E-state index in [0.717, 1.165) is 29.5 Å². The van der Waals surface area contributed by atoms with Gasteiger partial charge >= 0.3 is 5.97 Å². The number of carbonyl (C=O) groups is 1. The van der Waals surface area contributed by atoms with Crippen LogP contribution in [0, 0.1) is 0 Å². The lowest BCUT2D eigenvalue weighted by atomic mass is 9.63. The Hall–Kier alpha value is -2.43. The van der Waals surface area contributed by atoms with Crippen LogP contribution in [0.1, 0.15) is 81.3 Å². The van der Waals surface area contributed by atoms with Crippen LogP contribution in [0.4, 0.5) is 0 Å². The Morgan fingerprint density at radius 3 is 2.43 bits per heavy atom. The van der Waals surface area contributed by atoms with Gasteiger partial charge in [0.25, 0.3) is 0 Å². The Morgan fingerprint density at radius 1 is 1.10 bits per heavy atom. The van der Waals surface area contributed by atoms with Crippen LogP contribution in [0.3, 0.4) is 0 Å². The number of hydroxylamine groups is 1. The summed E-state index contributed by atoms with van der Waals surface area (Å²) >= 11 is 0. The molecule has 0 saturated carbocycles. The highest BCUT2D eigenvalue weighted by Gasteiger charge is 2.37. The van der Waals surface area contributed by atoms with Crippen LogP contribution in [0.2, 0.25) is 0 Å². The van der Waals surface area contributed by atoms with Gasteiger partial charge in [-0.25, -0.2) is 4.79 Å². The molecule has 0 spiro atoms. The van der Waals surface area contributed by atoms with Gasteiger partial charge in [-0.1, -0.05) is 70.2 Å². The van der Waals surface area contributed by atoms with E-state index in [1.165, 1.54) is 17.2 Å². The predicted octanol–water partition coefficient (Wildman–Crippen LogP) is 5.68. The van der Waals surface area contributed by atoms with E-state index in [2.05, 4.69) is 51.4 Å². The van der Waals surface area contributed by atoms with Crippen molar-refractivity contribution in [2.45, 2.75) is 64.3 Å². The molecule has 1 aliphatic carbocycles. The molecule has 0 aromatic heterocycles. The molecule has 3 rings (SSSR count). The molecule has 30 heavy (non-hydrogen) atoms. The van der Waals surface area contributed by atoms with E-state index in [9.17, 15) is 10.0 Å². The van der Waals surface area contributed by atoms with Crippen molar-refractivity contribution in [3.05, 3.63) is 76.4 Å². The minimum Gasteiger partial charge on any atom is -0.463 e. The number of ether oxygens (including phenoxy) is 1. The molecular formula is C26H33NO3. The molecule has 0 aliphatic heterocycles. The molecule has 4 nitrogen and oxygen atoms in total. The smallest absolute Gasteiger partial charge is 0.330 e. The summed E-state index contributed by atoms with van der Waals surface area (Å²) in [7, 11) is 0. The monoisotopic (exact) mass is 407 g/mol. The summed E-state index contributed by atoms with van der Waals surface area (Å²) in [6.45, 7) is 11.3. The summed E-state index contributed by atoms with van der Waals surface area (Å²) < 4.78 is 4.99. The normalized spacial score (nSPS) is 18.1. The summed E-state index contributed by atoms with van der Waals surface area (Å²) in [5.41, 5.74) is 8.20. The zero-order valence-corrected chi connectivity index (χ0v) is 18.7. The zero-order chi connectivity index (χ0) is 21.9. The molecule has 2 aromatic rings. The predicted molar refractivity (Wildman–Crippen MR) is 121 cm³/mol. The average Bonchev–Trinajstić information content (AvgIpc) is 2.72. The lowest BCUT2D eigenvalue weighted by molar-refractivity contribution is -0.137. The summed E-state index contributed by atoms with van der Waals surface area (Å²) in [5.74, 6) is -0.376. The maximum Gasteiger partial charge on any atom is 0.330 e. The van der Waals surface area contributed by atoms with Crippen molar-refractivity contribution in [1.29, 1.82) is 0 Å². The van der Waals surface area contributed by atoms with E-state index in [1.54, 1.807) is 13.0 Å². The van der Waals surface area contributed by atoms with Crippen molar-refractivity contribution in [2.24, 2.45) is 0 Å². The second-order valence-corrected chi connectivity index (χ2v) is 9.35. The van der Waals surface area contributed by atoms with E-state index in [-0.39, 0.29) is 16.8 Å². The van der Waals surface area contributed by atoms with E-state index >= 15 is 0 Å². The van der Waals surface area contributed by atoms with Crippen LogP contribution < -0.4 is 5.48 Å². The van der Waals surface area contributed by atoms with Crippen molar-refractivity contribution in [3.63, 3.8) is 0 Å². The SMILES string of the molecule is CCOC(=O)C=Cc1ccccc1C(NO)c1ccc2c(c1)C(C)(C)CCC2(C)C. The van der Waals surface area contributed by atoms with Gasteiger partial charge in [-0.05, 0) is 64.5 Å². The molecular weight excluding hydrogens is 374 g/mol. The first-order chi connectivity index (χ1) is 14.2. The highest BCUT2D eigenvalue weighted by Crippen LogP contribution is 2.46. The number of hydrogen-bond donors (Lipinski definition) is 2. The van der Waals surface area contributed by atoms with Crippen molar-refractivity contribution < 1.29 is 14.7 Å². The van der Waals surface area contributed by atoms with E-state index in [1.807, 2.05) is 24.3 Å². The van der Waals surface area contributed by atoms with Crippen molar-refractivity contribution in [1.82, 2.24) is 5.48 Å². The molecule has 1 unspecified atom stereocenters. The number of benzene rings is 2. The molecule has 0 amide bonds. The fourth-order valence-electron chi connectivity index (χ4n) is 4.38. The number of fused-ring (bicyclic) bond motifs is 1. The highest BCUT2D eigenvalue weighted by molar-refractivity contribution is 5.87. The van der Waals surface area contributed by atoms with E-state index in [0.29, 0.717) is 6.61 Å². The third-order valence-electron chi connectivity index (χ3n) is 6.33. The Balaban J connectivity index is 2.03. The number of rotatable bonds is 6. The summed E-state index contributed by atoms with van der Waals surface area (Å²) in [6.07, 6.45) is 5.46. The molecule has 0 fully saturated rings. The van der Waals surface area contributed by atoms with Crippen molar-refractivity contribution >= 4 is 12.0 Å². The van der Waals surface area contributed by atoms with Gasteiger partial charge < -0.3 is 9.94 Å². The number of esters is 1. The van der Waals surface area contributed by atoms with E-state index < -0.39 is 6.04 Å². The van der Waals surface area contributed by atoms with Gasteiger partial charge in [0.1, 0.15) is 0 Å². The lowest BCUT2D eigenvalue weighted by Crippen LogP contribution is -2.34. The zero-order valence-electron chi connectivity index (χ0n) is 18.7. The third kappa shape index (κ3) is 4.50. The molecule has 1 aliphatic rings. The van der Waals surface area contributed by atoms with Crippen LogP contribution >= 0.6 is 0 Å². The maximum absolute atomic E-state index is 11.8. The van der Waals surface area contributed by atoms with Gasteiger partial charge in [-0.3, -0.25) is 0 Å². The van der Waals surface area contributed by atoms with Gasteiger partial charge in [0.15, 0.2) is 0 Å². The van der Waals surface area contributed by atoms with Crippen LogP contribution in [0.5, 0.6) is 0 Å². The number of nitrogens with one attached hydrogen (secondary N) is 1. The molecule has 4 heteroatoms. The fourth-order valence-corrected chi connectivity index (χ4v) is 4.38. The quantitative estimate of drug-likeness (QED) is 0.367. The molecule has 2 N–H and O–H groups in total. The first-order valence-electron chi connectivity index (χ1n) is 10.7. The van der Waals surface area contributed by atoms with Crippen molar-refractivity contribution in [2.75, 3.05) is 6.61 Å². The average molecular weight is 408 g/mol. The molecule has 0 saturated heterocycles.